The predicted molar refractivity (Wildman–Crippen MR) is 73.9 cm³/mol. The fourth-order valence-corrected chi connectivity index (χ4v) is 2.58. The summed E-state index contributed by atoms with van der Waals surface area (Å²) >= 11 is 0. The van der Waals surface area contributed by atoms with E-state index >= 15 is 0 Å². The lowest BCUT2D eigenvalue weighted by Crippen LogP contribution is -2.35. The van der Waals surface area contributed by atoms with Crippen LogP contribution in [0, 0.1) is 11.8 Å². The quantitative estimate of drug-likeness (QED) is 0.374. The molecule has 1 saturated carbocycles. The van der Waals surface area contributed by atoms with Gasteiger partial charge in [0, 0.05) is 12.6 Å². The highest BCUT2D eigenvalue weighted by Gasteiger charge is 2.22. The molecule has 0 amide bonds. The zero-order valence-corrected chi connectivity index (χ0v) is 11.3. The summed E-state index contributed by atoms with van der Waals surface area (Å²) in [7, 11) is 0. The molecule has 0 saturated heterocycles. The largest absolute Gasteiger partial charge is 0.370 e. The van der Waals surface area contributed by atoms with Crippen LogP contribution < -0.4 is 16.8 Å². The summed E-state index contributed by atoms with van der Waals surface area (Å²) in [5.41, 5.74) is 10.5. The summed E-state index contributed by atoms with van der Waals surface area (Å²) in [5.74, 6) is 1.98. The van der Waals surface area contributed by atoms with Crippen molar-refractivity contribution in [1.82, 2.24) is 5.32 Å². The van der Waals surface area contributed by atoms with Gasteiger partial charge in [-0.2, -0.15) is 0 Å². The minimum Gasteiger partial charge on any atom is -0.370 e. The van der Waals surface area contributed by atoms with Gasteiger partial charge < -0.3 is 16.8 Å². The standard InChI is InChI=1S/C13H28N4/c1-10(2)11-4-6-12(7-5-11)16-8-3-9-17-13(14)15/h10-12,16H,3-9H2,1-2H3,(H4,14,15,17). The summed E-state index contributed by atoms with van der Waals surface area (Å²) in [6.07, 6.45) is 6.42. The molecule has 0 radical (unpaired) electrons. The van der Waals surface area contributed by atoms with Gasteiger partial charge in [-0.05, 0) is 50.5 Å². The monoisotopic (exact) mass is 240 g/mol. The molecule has 0 spiro atoms. The first-order valence-corrected chi connectivity index (χ1v) is 6.88. The summed E-state index contributed by atoms with van der Waals surface area (Å²) < 4.78 is 0. The van der Waals surface area contributed by atoms with E-state index in [4.69, 9.17) is 11.5 Å². The normalized spacial score (nSPS) is 24.9. The first-order valence-electron chi connectivity index (χ1n) is 6.88. The molecule has 0 aromatic heterocycles. The number of rotatable bonds is 6. The highest BCUT2D eigenvalue weighted by Crippen LogP contribution is 2.29. The van der Waals surface area contributed by atoms with Crippen LogP contribution in [0.25, 0.3) is 0 Å². The first kappa shape index (κ1) is 14.3. The van der Waals surface area contributed by atoms with Crippen LogP contribution in [0.1, 0.15) is 46.0 Å². The van der Waals surface area contributed by atoms with Crippen LogP contribution in [-0.2, 0) is 0 Å². The van der Waals surface area contributed by atoms with Crippen molar-refractivity contribution in [3.05, 3.63) is 0 Å². The van der Waals surface area contributed by atoms with E-state index in [-0.39, 0.29) is 5.96 Å². The molecule has 1 rings (SSSR count). The van der Waals surface area contributed by atoms with Gasteiger partial charge in [0.05, 0.1) is 0 Å². The lowest BCUT2D eigenvalue weighted by Gasteiger charge is -2.31. The average molecular weight is 240 g/mol. The fraction of sp³-hybridized carbons (Fsp3) is 0.923. The van der Waals surface area contributed by atoms with E-state index in [1.165, 1.54) is 25.7 Å². The second-order valence-electron chi connectivity index (χ2n) is 5.47. The second-order valence-corrected chi connectivity index (χ2v) is 5.47. The summed E-state index contributed by atoms with van der Waals surface area (Å²) in [5, 5.41) is 3.60. The van der Waals surface area contributed by atoms with Gasteiger partial charge in [0.1, 0.15) is 0 Å². The van der Waals surface area contributed by atoms with Crippen LogP contribution in [0.4, 0.5) is 0 Å². The lowest BCUT2D eigenvalue weighted by atomic mass is 9.80. The number of hydrogen-bond donors (Lipinski definition) is 3. The Labute approximate surface area is 105 Å². The third kappa shape index (κ3) is 5.91. The van der Waals surface area contributed by atoms with Crippen LogP contribution in [0.15, 0.2) is 4.99 Å². The molecule has 4 nitrogen and oxygen atoms in total. The Kier molecular flexibility index (Phi) is 6.34. The smallest absolute Gasteiger partial charge is 0.185 e. The van der Waals surface area contributed by atoms with E-state index in [1.54, 1.807) is 0 Å². The highest BCUT2D eigenvalue weighted by atomic mass is 15.0. The number of nitrogens with two attached hydrogens (primary N) is 2. The number of nitrogens with zero attached hydrogens (tertiary/aromatic N) is 1. The zero-order valence-electron chi connectivity index (χ0n) is 11.3. The Morgan fingerprint density at radius 1 is 1.24 bits per heavy atom. The van der Waals surface area contributed by atoms with Gasteiger partial charge in [0.25, 0.3) is 0 Å². The number of aliphatic imine (C=N–C) groups is 1. The second kappa shape index (κ2) is 7.54. The van der Waals surface area contributed by atoms with Crippen molar-refractivity contribution in [3.63, 3.8) is 0 Å². The Balaban J connectivity index is 2.04. The molecule has 0 atom stereocenters. The molecular weight excluding hydrogens is 212 g/mol. The van der Waals surface area contributed by atoms with Crippen molar-refractivity contribution in [3.8, 4) is 0 Å². The van der Waals surface area contributed by atoms with Crippen molar-refractivity contribution >= 4 is 5.96 Å². The number of guanidine groups is 1. The molecule has 17 heavy (non-hydrogen) atoms. The number of nitrogens with one attached hydrogen (secondary N) is 1. The van der Waals surface area contributed by atoms with Gasteiger partial charge in [-0.25, -0.2) is 0 Å². The van der Waals surface area contributed by atoms with Crippen LogP contribution >= 0.6 is 0 Å². The molecule has 4 heteroatoms. The zero-order chi connectivity index (χ0) is 12.7. The van der Waals surface area contributed by atoms with Gasteiger partial charge >= 0.3 is 0 Å². The molecule has 0 aliphatic heterocycles. The Morgan fingerprint density at radius 3 is 2.41 bits per heavy atom. The first-order chi connectivity index (χ1) is 8.09. The minimum absolute atomic E-state index is 0.197. The van der Waals surface area contributed by atoms with Crippen molar-refractivity contribution in [2.24, 2.45) is 28.3 Å². The van der Waals surface area contributed by atoms with Gasteiger partial charge in [-0.3, -0.25) is 4.99 Å². The van der Waals surface area contributed by atoms with Crippen molar-refractivity contribution in [1.29, 1.82) is 0 Å². The van der Waals surface area contributed by atoms with E-state index in [2.05, 4.69) is 24.2 Å². The van der Waals surface area contributed by atoms with E-state index < -0.39 is 0 Å². The molecular formula is C13H28N4. The highest BCUT2D eigenvalue weighted by molar-refractivity contribution is 5.75. The molecule has 1 fully saturated rings. The molecule has 100 valence electrons. The topological polar surface area (TPSA) is 76.4 Å². The van der Waals surface area contributed by atoms with Crippen LogP contribution in [0.2, 0.25) is 0 Å². The van der Waals surface area contributed by atoms with E-state index in [0.717, 1.165) is 31.3 Å². The molecule has 0 heterocycles. The third-order valence-electron chi connectivity index (χ3n) is 3.78. The summed E-state index contributed by atoms with van der Waals surface area (Å²) in [6, 6.07) is 0.712. The molecule has 0 aromatic rings. The summed E-state index contributed by atoms with van der Waals surface area (Å²) in [6.45, 7) is 6.44. The minimum atomic E-state index is 0.197. The maximum Gasteiger partial charge on any atom is 0.185 e. The molecule has 1 aliphatic carbocycles. The lowest BCUT2D eigenvalue weighted by molar-refractivity contribution is 0.239. The maximum absolute atomic E-state index is 5.27. The Morgan fingerprint density at radius 2 is 1.88 bits per heavy atom. The average Bonchev–Trinajstić information content (AvgIpc) is 2.29. The molecule has 0 aromatic carbocycles. The summed E-state index contributed by atoms with van der Waals surface area (Å²) in [4.78, 5) is 3.97. The SMILES string of the molecule is CC(C)C1CCC(NCCCN=C(N)N)CC1. The predicted octanol–water partition coefficient (Wildman–Crippen LogP) is 1.45. The number of hydrogen-bond acceptors (Lipinski definition) is 2. The Bertz CT molecular complexity index is 226. The van der Waals surface area contributed by atoms with Crippen LogP contribution in [0.3, 0.4) is 0 Å². The van der Waals surface area contributed by atoms with E-state index in [9.17, 15) is 0 Å². The van der Waals surface area contributed by atoms with Crippen molar-refractivity contribution in [2.75, 3.05) is 13.1 Å². The van der Waals surface area contributed by atoms with Crippen LogP contribution in [0.5, 0.6) is 0 Å². The van der Waals surface area contributed by atoms with Gasteiger partial charge in [-0.1, -0.05) is 13.8 Å². The van der Waals surface area contributed by atoms with E-state index in [1.807, 2.05) is 0 Å². The molecule has 5 N–H and O–H groups in total. The molecule has 1 aliphatic rings. The van der Waals surface area contributed by atoms with Crippen molar-refractivity contribution < 1.29 is 0 Å². The van der Waals surface area contributed by atoms with Crippen LogP contribution in [-0.4, -0.2) is 25.1 Å². The van der Waals surface area contributed by atoms with E-state index in [0.29, 0.717) is 6.04 Å². The molecule has 0 unspecified atom stereocenters. The van der Waals surface area contributed by atoms with Gasteiger partial charge in [0.2, 0.25) is 0 Å². The Hall–Kier alpha value is -0.770. The third-order valence-corrected chi connectivity index (χ3v) is 3.78. The van der Waals surface area contributed by atoms with Gasteiger partial charge in [-0.15, -0.1) is 0 Å². The van der Waals surface area contributed by atoms with Crippen molar-refractivity contribution in [2.45, 2.75) is 52.0 Å². The maximum atomic E-state index is 5.27. The fourth-order valence-electron chi connectivity index (χ4n) is 2.58. The molecule has 0 bridgehead atoms. The van der Waals surface area contributed by atoms with Gasteiger partial charge in [0.15, 0.2) is 5.96 Å².